The predicted octanol–water partition coefficient (Wildman–Crippen LogP) is 2.86. The van der Waals surface area contributed by atoms with E-state index in [4.69, 9.17) is 0 Å². The molecule has 0 bridgehead atoms. The maximum atomic E-state index is 4.13. The highest BCUT2D eigenvalue weighted by molar-refractivity contribution is 5.45. The molecule has 0 saturated carbocycles. The Bertz CT molecular complexity index is 511. The third-order valence-corrected chi connectivity index (χ3v) is 3.21. The highest BCUT2D eigenvalue weighted by atomic mass is 15.3. The minimum absolute atomic E-state index is 0.570. The van der Waals surface area contributed by atoms with Crippen molar-refractivity contribution in [2.45, 2.75) is 33.2 Å². The highest BCUT2D eigenvalue weighted by Crippen LogP contribution is 2.17. The van der Waals surface area contributed by atoms with Gasteiger partial charge in [-0.25, -0.2) is 0 Å². The molecule has 2 rings (SSSR count). The van der Waals surface area contributed by atoms with Crippen molar-refractivity contribution in [2.75, 3.05) is 5.32 Å². The smallest absolute Gasteiger partial charge is 0.152 e. The van der Waals surface area contributed by atoms with E-state index in [-0.39, 0.29) is 0 Å². The molecule has 96 valence electrons. The first-order chi connectivity index (χ1) is 8.58. The predicted molar refractivity (Wildman–Crippen MR) is 73.6 cm³/mol. The van der Waals surface area contributed by atoms with E-state index in [0.717, 1.165) is 17.3 Å². The van der Waals surface area contributed by atoms with Crippen LogP contribution in [0.4, 0.5) is 5.69 Å². The molecule has 0 atom stereocenters. The summed E-state index contributed by atoms with van der Waals surface area (Å²) in [6.45, 7) is 7.04. The van der Waals surface area contributed by atoms with Gasteiger partial charge < -0.3 is 9.88 Å². The third-order valence-electron chi connectivity index (χ3n) is 3.21. The first kappa shape index (κ1) is 12.6. The fraction of sp³-hybridized carbons (Fsp3) is 0.429. The largest absolute Gasteiger partial charge is 0.378 e. The molecule has 1 N–H and O–H groups in total. The Labute approximate surface area is 108 Å². The van der Waals surface area contributed by atoms with Crippen molar-refractivity contribution >= 4 is 5.69 Å². The van der Waals surface area contributed by atoms with Crippen LogP contribution in [0.5, 0.6) is 0 Å². The molecular weight excluding hydrogens is 224 g/mol. The maximum Gasteiger partial charge on any atom is 0.152 e. The van der Waals surface area contributed by atoms with Crippen LogP contribution < -0.4 is 5.32 Å². The summed E-state index contributed by atoms with van der Waals surface area (Å²) in [6.07, 6.45) is 0. The van der Waals surface area contributed by atoms with Crippen LogP contribution in [-0.4, -0.2) is 14.8 Å². The number of nitrogens with zero attached hydrogens (tertiary/aromatic N) is 3. The van der Waals surface area contributed by atoms with Gasteiger partial charge >= 0.3 is 0 Å². The van der Waals surface area contributed by atoms with Crippen molar-refractivity contribution in [3.05, 3.63) is 41.5 Å². The molecule has 0 saturated heterocycles. The molecule has 4 heteroatoms. The summed E-state index contributed by atoms with van der Waals surface area (Å²) >= 11 is 0. The molecule has 0 aliphatic rings. The van der Waals surface area contributed by atoms with E-state index in [1.807, 2.05) is 18.5 Å². The minimum Gasteiger partial charge on any atom is -0.378 e. The topological polar surface area (TPSA) is 42.7 Å². The number of nitrogens with one attached hydrogen (secondary N) is 1. The summed E-state index contributed by atoms with van der Waals surface area (Å²) in [5.74, 6) is 2.45. The molecule has 1 aromatic heterocycles. The first-order valence-corrected chi connectivity index (χ1v) is 6.26. The van der Waals surface area contributed by atoms with Gasteiger partial charge in [0.1, 0.15) is 5.82 Å². The number of hydrogen-bond acceptors (Lipinski definition) is 3. The summed E-state index contributed by atoms with van der Waals surface area (Å²) < 4.78 is 2.00. The first-order valence-electron chi connectivity index (χ1n) is 6.26. The number of rotatable bonds is 4. The third kappa shape index (κ3) is 2.70. The van der Waals surface area contributed by atoms with Crippen molar-refractivity contribution in [1.82, 2.24) is 14.8 Å². The van der Waals surface area contributed by atoms with Crippen molar-refractivity contribution in [2.24, 2.45) is 7.05 Å². The average Bonchev–Trinajstić information content (AvgIpc) is 2.68. The van der Waals surface area contributed by atoms with Crippen LogP contribution in [0.2, 0.25) is 0 Å². The van der Waals surface area contributed by atoms with Crippen LogP contribution in [0.25, 0.3) is 0 Å². The molecule has 1 heterocycles. The summed E-state index contributed by atoms with van der Waals surface area (Å²) in [6, 6.07) is 8.54. The lowest BCUT2D eigenvalue weighted by Gasteiger charge is -2.09. The van der Waals surface area contributed by atoms with Gasteiger partial charge in [-0.1, -0.05) is 26.0 Å². The zero-order chi connectivity index (χ0) is 13.1. The quantitative estimate of drug-likeness (QED) is 0.899. The molecule has 2 aromatic rings. The number of aryl methyl sites for hydroxylation is 1. The van der Waals surface area contributed by atoms with Crippen LogP contribution in [0.1, 0.15) is 37.0 Å². The van der Waals surface area contributed by atoms with E-state index in [1.54, 1.807) is 0 Å². The second-order valence-electron chi connectivity index (χ2n) is 4.85. The maximum absolute atomic E-state index is 4.13. The van der Waals surface area contributed by atoms with Gasteiger partial charge in [-0.05, 0) is 30.5 Å². The van der Waals surface area contributed by atoms with E-state index < -0.39 is 0 Å². The Hall–Kier alpha value is -1.84. The number of hydrogen-bond donors (Lipinski definition) is 1. The Kier molecular flexibility index (Phi) is 3.65. The van der Waals surface area contributed by atoms with Crippen LogP contribution >= 0.6 is 0 Å². The van der Waals surface area contributed by atoms with E-state index in [0.29, 0.717) is 12.5 Å². The van der Waals surface area contributed by atoms with Crippen LogP contribution in [-0.2, 0) is 13.6 Å². The van der Waals surface area contributed by atoms with Gasteiger partial charge in [-0.2, -0.15) is 0 Å². The zero-order valence-electron chi connectivity index (χ0n) is 11.4. The summed E-state index contributed by atoms with van der Waals surface area (Å²) in [5.41, 5.74) is 2.47. The number of benzene rings is 1. The number of anilines is 1. The molecule has 0 aliphatic carbocycles. The molecule has 18 heavy (non-hydrogen) atoms. The summed E-state index contributed by atoms with van der Waals surface area (Å²) in [5, 5.41) is 11.5. The van der Waals surface area contributed by atoms with Crippen LogP contribution in [0.3, 0.4) is 0 Å². The Morgan fingerprint density at radius 3 is 2.33 bits per heavy atom. The van der Waals surface area contributed by atoms with Gasteiger partial charge in [-0.3, -0.25) is 0 Å². The van der Waals surface area contributed by atoms with E-state index in [2.05, 4.69) is 53.6 Å². The zero-order valence-corrected chi connectivity index (χ0v) is 11.4. The van der Waals surface area contributed by atoms with E-state index >= 15 is 0 Å². The Balaban J connectivity index is 2.00. The molecule has 4 nitrogen and oxygen atoms in total. The lowest BCUT2D eigenvalue weighted by atomic mass is 10.0. The van der Waals surface area contributed by atoms with Crippen LogP contribution in [0.15, 0.2) is 24.3 Å². The van der Waals surface area contributed by atoms with Gasteiger partial charge in [0.05, 0.1) is 6.54 Å². The molecule has 0 amide bonds. The number of aromatic nitrogens is 3. The highest BCUT2D eigenvalue weighted by Gasteiger charge is 2.04. The molecule has 0 spiro atoms. The minimum atomic E-state index is 0.570. The van der Waals surface area contributed by atoms with Crippen LogP contribution in [0, 0.1) is 6.92 Å². The van der Waals surface area contributed by atoms with Crippen molar-refractivity contribution < 1.29 is 0 Å². The fourth-order valence-electron chi connectivity index (χ4n) is 1.77. The van der Waals surface area contributed by atoms with Gasteiger partial charge in [0, 0.05) is 12.7 Å². The Morgan fingerprint density at radius 2 is 1.83 bits per heavy atom. The Morgan fingerprint density at radius 1 is 1.17 bits per heavy atom. The van der Waals surface area contributed by atoms with Gasteiger partial charge in [0.15, 0.2) is 5.82 Å². The van der Waals surface area contributed by atoms with E-state index in [9.17, 15) is 0 Å². The monoisotopic (exact) mass is 244 g/mol. The van der Waals surface area contributed by atoms with E-state index in [1.165, 1.54) is 5.56 Å². The van der Waals surface area contributed by atoms with Gasteiger partial charge in [-0.15, -0.1) is 10.2 Å². The van der Waals surface area contributed by atoms with Crippen molar-refractivity contribution in [3.63, 3.8) is 0 Å². The summed E-state index contributed by atoms with van der Waals surface area (Å²) in [7, 11) is 1.98. The molecule has 0 radical (unpaired) electrons. The SMILES string of the molecule is Cc1nnc(CNc2ccc(C(C)C)cc2)n1C. The molecule has 0 aliphatic heterocycles. The lowest BCUT2D eigenvalue weighted by molar-refractivity contribution is 0.789. The average molecular weight is 244 g/mol. The lowest BCUT2D eigenvalue weighted by Crippen LogP contribution is -2.06. The van der Waals surface area contributed by atoms with Gasteiger partial charge in [0.2, 0.25) is 0 Å². The van der Waals surface area contributed by atoms with Crippen molar-refractivity contribution in [1.29, 1.82) is 0 Å². The van der Waals surface area contributed by atoms with Crippen molar-refractivity contribution in [3.8, 4) is 0 Å². The summed E-state index contributed by atoms with van der Waals surface area (Å²) in [4.78, 5) is 0. The molecule has 0 unspecified atom stereocenters. The standard InChI is InChI=1S/C14H20N4/c1-10(2)12-5-7-13(8-6-12)15-9-14-17-16-11(3)18(14)4/h5-8,10,15H,9H2,1-4H3. The normalized spacial score (nSPS) is 10.9. The second kappa shape index (κ2) is 5.21. The molecule has 1 aromatic carbocycles. The van der Waals surface area contributed by atoms with Gasteiger partial charge in [0.25, 0.3) is 0 Å². The second-order valence-corrected chi connectivity index (χ2v) is 4.85. The molecule has 0 fully saturated rings. The fourth-order valence-corrected chi connectivity index (χ4v) is 1.77. The molecular formula is C14H20N4.